The summed E-state index contributed by atoms with van der Waals surface area (Å²) in [6.45, 7) is 9.49. The number of halogens is 1. The van der Waals surface area contributed by atoms with Crippen LogP contribution in [0.3, 0.4) is 0 Å². The number of nitrogens with zero attached hydrogens (tertiary/aromatic N) is 3. The van der Waals surface area contributed by atoms with Crippen LogP contribution in [-0.2, 0) is 13.1 Å². The zero-order valence-corrected chi connectivity index (χ0v) is 22.8. The number of hydrogen-bond acceptors (Lipinski definition) is 5. The number of guanidine groups is 1. The largest absolute Gasteiger partial charge is 0.359 e. The number of benzene rings is 1. The number of aromatic nitrogens is 1. The molecule has 2 rings (SSSR count). The molecule has 1 aromatic heterocycles. The topological polar surface area (TPSA) is 94.8 Å². The van der Waals surface area contributed by atoms with Crippen LogP contribution >= 0.6 is 24.0 Å². The number of amides is 1. The third-order valence-corrected chi connectivity index (χ3v) is 5.21. The minimum atomic E-state index is -0.0682. The van der Waals surface area contributed by atoms with Crippen molar-refractivity contribution in [2.24, 2.45) is 4.99 Å². The number of hydrogen-bond donors (Lipinski definition) is 3. The molecule has 0 fully saturated rings. The van der Waals surface area contributed by atoms with Crippen LogP contribution in [0.25, 0.3) is 0 Å². The van der Waals surface area contributed by atoms with Crippen LogP contribution in [0.4, 0.5) is 0 Å². The first-order valence-corrected chi connectivity index (χ1v) is 11.5. The molecule has 0 saturated carbocycles. The van der Waals surface area contributed by atoms with Gasteiger partial charge in [-0.15, -0.1) is 24.0 Å². The van der Waals surface area contributed by atoms with E-state index in [-0.39, 0.29) is 29.9 Å². The molecule has 2 aromatic rings. The molecule has 8 nitrogen and oxygen atoms in total. The van der Waals surface area contributed by atoms with Crippen LogP contribution in [-0.4, -0.2) is 55.7 Å². The van der Waals surface area contributed by atoms with Crippen LogP contribution in [0, 0.1) is 0 Å². The van der Waals surface area contributed by atoms with Gasteiger partial charge in [-0.1, -0.05) is 31.1 Å². The molecule has 0 radical (unpaired) electrons. The van der Waals surface area contributed by atoms with Crippen molar-refractivity contribution in [3.63, 3.8) is 0 Å². The Balaban J connectivity index is 0.00000544. The fourth-order valence-electron chi connectivity index (χ4n) is 3.30. The van der Waals surface area contributed by atoms with Crippen molar-refractivity contribution in [3.05, 3.63) is 52.9 Å². The van der Waals surface area contributed by atoms with E-state index in [1.165, 1.54) is 0 Å². The second-order valence-electron chi connectivity index (χ2n) is 8.04. The SMILES string of the molecule is CCNC(=NCc1cccc(C(=O)NCCN(C)C)c1)NCc1cc(C(CC)CC)no1.I. The Kier molecular flexibility index (Phi) is 13.7. The molecule has 0 saturated heterocycles. The molecule has 3 N–H and O–H groups in total. The summed E-state index contributed by atoms with van der Waals surface area (Å²) in [6.07, 6.45) is 2.10. The fourth-order valence-corrected chi connectivity index (χ4v) is 3.30. The third-order valence-electron chi connectivity index (χ3n) is 5.21. The molecular formula is C24H39IN6O2. The predicted octanol–water partition coefficient (Wildman–Crippen LogP) is 3.74. The Labute approximate surface area is 215 Å². The van der Waals surface area contributed by atoms with Crippen LogP contribution in [0.2, 0.25) is 0 Å². The summed E-state index contributed by atoms with van der Waals surface area (Å²) in [6, 6.07) is 9.59. The minimum Gasteiger partial charge on any atom is -0.359 e. The van der Waals surface area contributed by atoms with Crippen molar-refractivity contribution >= 4 is 35.8 Å². The molecule has 0 bridgehead atoms. The van der Waals surface area contributed by atoms with Crippen LogP contribution in [0.5, 0.6) is 0 Å². The molecule has 0 unspecified atom stereocenters. The van der Waals surface area contributed by atoms with E-state index in [4.69, 9.17) is 4.52 Å². The van der Waals surface area contributed by atoms with Crippen molar-refractivity contribution in [1.29, 1.82) is 0 Å². The molecule has 33 heavy (non-hydrogen) atoms. The van der Waals surface area contributed by atoms with Gasteiger partial charge in [-0.2, -0.15) is 0 Å². The van der Waals surface area contributed by atoms with E-state index in [0.717, 1.165) is 42.9 Å². The van der Waals surface area contributed by atoms with Gasteiger partial charge in [0.1, 0.15) is 0 Å². The predicted molar refractivity (Wildman–Crippen MR) is 144 cm³/mol. The van der Waals surface area contributed by atoms with Crippen molar-refractivity contribution in [3.8, 4) is 0 Å². The normalized spacial score (nSPS) is 11.4. The second kappa shape index (κ2) is 15.7. The van der Waals surface area contributed by atoms with Gasteiger partial charge in [0.05, 0.1) is 18.8 Å². The number of nitrogens with one attached hydrogen (secondary N) is 3. The first-order chi connectivity index (χ1) is 15.5. The summed E-state index contributed by atoms with van der Waals surface area (Å²) < 4.78 is 5.49. The van der Waals surface area contributed by atoms with E-state index in [1.54, 1.807) is 0 Å². The molecule has 1 aromatic carbocycles. The maximum Gasteiger partial charge on any atom is 0.251 e. The van der Waals surface area contributed by atoms with Gasteiger partial charge in [0.2, 0.25) is 0 Å². The lowest BCUT2D eigenvalue weighted by molar-refractivity contribution is 0.0951. The van der Waals surface area contributed by atoms with Crippen molar-refractivity contribution in [1.82, 2.24) is 26.0 Å². The zero-order valence-electron chi connectivity index (χ0n) is 20.5. The lowest BCUT2D eigenvalue weighted by atomic mass is 9.99. The quantitative estimate of drug-likeness (QED) is 0.205. The Morgan fingerprint density at radius 3 is 2.55 bits per heavy atom. The molecule has 184 valence electrons. The maximum atomic E-state index is 12.4. The lowest BCUT2D eigenvalue weighted by Crippen LogP contribution is -2.36. The van der Waals surface area contributed by atoms with E-state index < -0.39 is 0 Å². The van der Waals surface area contributed by atoms with Crippen LogP contribution in [0.15, 0.2) is 39.8 Å². The molecule has 9 heteroatoms. The molecule has 0 atom stereocenters. The monoisotopic (exact) mass is 570 g/mol. The number of carbonyl (C=O) groups excluding carboxylic acids is 1. The molecule has 0 spiro atoms. The van der Waals surface area contributed by atoms with Crippen LogP contribution in [0.1, 0.15) is 66.9 Å². The van der Waals surface area contributed by atoms with Crippen molar-refractivity contribution in [2.75, 3.05) is 33.7 Å². The van der Waals surface area contributed by atoms with Crippen LogP contribution < -0.4 is 16.0 Å². The number of likely N-dealkylation sites (N-methyl/N-ethyl adjacent to an activating group) is 1. The highest BCUT2D eigenvalue weighted by molar-refractivity contribution is 14.0. The molecule has 0 aliphatic heterocycles. The summed E-state index contributed by atoms with van der Waals surface area (Å²) in [7, 11) is 3.96. The standard InChI is InChI=1S/C24H38N6O2.HI/c1-6-19(7-2)22-15-21(32-29-22)17-28-24(25-8-3)27-16-18-10-9-11-20(14-18)23(31)26-12-13-30(4)5;/h9-11,14-15,19H,6-8,12-13,16-17H2,1-5H3,(H,26,31)(H2,25,27,28);1H. The number of carbonyl (C=O) groups is 1. The van der Waals surface area contributed by atoms with Gasteiger partial charge in [-0.05, 0) is 51.6 Å². The van der Waals surface area contributed by atoms with Gasteiger partial charge in [-0.25, -0.2) is 4.99 Å². The smallest absolute Gasteiger partial charge is 0.251 e. The Hall–Kier alpha value is -2.14. The highest BCUT2D eigenvalue weighted by Gasteiger charge is 2.13. The van der Waals surface area contributed by atoms with Gasteiger partial charge < -0.3 is 25.4 Å². The number of aliphatic imine (C=N–C) groups is 1. The van der Waals surface area contributed by atoms with Gasteiger partial charge in [0.25, 0.3) is 5.91 Å². The third kappa shape index (κ3) is 10.1. The van der Waals surface area contributed by atoms with Crippen molar-refractivity contribution < 1.29 is 9.32 Å². The second-order valence-corrected chi connectivity index (χ2v) is 8.04. The van der Waals surface area contributed by atoms with Gasteiger partial charge in [-0.3, -0.25) is 4.79 Å². The van der Waals surface area contributed by atoms with Gasteiger partial charge in [0, 0.05) is 37.2 Å². The molecule has 0 aliphatic rings. The highest BCUT2D eigenvalue weighted by atomic mass is 127. The van der Waals surface area contributed by atoms with Gasteiger partial charge >= 0.3 is 0 Å². The summed E-state index contributed by atoms with van der Waals surface area (Å²) in [4.78, 5) is 19.1. The summed E-state index contributed by atoms with van der Waals surface area (Å²) >= 11 is 0. The first-order valence-electron chi connectivity index (χ1n) is 11.5. The van der Waals surface area contributed by atoms with Crippen molar-refractivity contribution in [2.45, 2.75) is 52.6 Å². The van der Waals surface area contributed by atoms with E-state index in [1.807, 2.05) is 56.3 Å². The minimum absolute atomic E-state index is 0. The highest BCUT2D eigenvalue weighted by Crippen LogP contribution is 2.22. The average Bonchev–Trinajstić information content (AvgIpc) is 3.25. The summed E-state index contributed by atoms with van der Waals surface area (Å²) in [5, 5.41) is 13.7. The molecule has 0 aliphatic carbocycles. The first kappa shape index (κ1) is 28.9. The average molecular weight is 571 g/mol. The molecule has 1 amide bonds. The maximum absolute atomic E-state index is 12.4. The molecule has 1 heterocycles. The van der Waals surface area contributed by atoms with E-state index in [0.29, 0.717) is 37.1 Å². The zero-order chi connectivity index (χ0) is 23.3. The van der Waals surface area contributed by atoms with E-state index in [2.05, 4.69) is 39.9 Å². The fraction of sp³-hybridized carbons (Fsp3) is 0.542. The van der Waals surface area contributed by atoms with E-state index in [9.17, 15) is 4.79 Å². The van der Waals surface area contributed by atoms with Gasteiger partial charge in [0.15, 0.2) is 11.7 Å². The molecular weight excluding hydrogens is 531 g/mol. The lowest BCUT2D eigenvalue weighted by Gasteiger charge is -2.11. The Bertz CT molecular complexity index is 864. The Morgan fingerprint density at radius 1 is 1.12 bits per heavy atom. The van der Waals surface area contributed by atoms with E-state index >= 15 is 0 Å². The number of rotatable bonds is 12. The Morgan fingerprint density at radius 2 is 1.88 bits per heavy atom. The summed E-state index contributed by atoms with van der Waals surface area (Å²) in [5.41, 5.74) is 2.62. The summed E-state index contributed by atoms with van der Waals surface area (Å²) in [5.74, 6) is 1.84.